The highest BCUT2D eigenvalue weighted by molar-refractivity contribution is 7.80. The summed E-state index contributed by atoms with van der Waals surface area (Å²) in [6.07, 6.45) is 6.00. The number of carbonyl (C=O) groups is 2. The summed E-state index contributed by atoms with van der Waals surface area (Å²) in [6.45, 7) is 7.32. The zero-order valence-corrected chi connectivity index (χ0v) is 51.5. The first-order chi connectivity index (χ1) is 42.7. The van der Waals surface area contributed by atoms with E-state index in [2.05, 4.69) is 55.3 Å². The van der Waals surface area contributed by atoms with Gasteiger partial charge in [0.15, 0.2) is 16.6 Å². The molecule has 0 bridgehead atoms. The number of H-pyrrole nitrogens is 2. The predicted molar refractivity (Wildman–Crippen MR) is 353 cm³/mol. The van der Waals surface area contributed by atoms with Gasteiger partial charge in [-0.05, 0) is 45.4 Å². The minimum atomic E-state index is -0.984. The van der Waals surface area contributed by atoms with E-state index < -0.39 is 15.8 Å². The first kappa shape index (κ1) is 64.3. The number of carboxylic acids is 1. The number of halogens is 1. The van der Waals surface area contributed by atoms with Crippen LogP contribution in [0.2, 0.25) is 5.15 Å². The first-order valence-corrected chi connectivity index (χ1v) is 29.5. The number of thiocarbonyl (C=S) groups is 1. The Hall–Kier alpha value is -10.7. The Kier molecular flexibility index (Phi) is 21.7. The number of nitro groups is 2. The number of carbonyl (C=O) groups excluding carboxylic acids is 1. The Bertz CT molecular complexity index is 4620. The van der Waals surface area contributed by atoms with Gasteiger partial charge in [-0.2, -0.15) is 10.2 Å². The van der Waals surface area contributed by atoms with E-state index in [9.17, 15) is 29.8 Å². The number of hydrogen-bond donors (Lipinski definition) is 6. The standard InChI is InChI=1S/C19H16N4OS.C12H7N3O2S.C12H9N3S.C7H7NS.C6H8N2O2.C5H4ClN3O2/c1-11-12(2)22-23-17(11)16(24)9-13-8-15-19(20-10-13)25-18(21-15)14-6-4-3-5-7-14;16-15(17)9-6-10-12(13-7-9)18-11(14-10)8-4-2-1-3-5-8;13-9-6-10-12(14-7-9)16-11(15-10)8-4-2-1-3-5-8;8-7(9)6-4-2-1-3-5-6;1-3-4(2)7-8-5(3)6(9)10;6-5-4(7)1-3(2-8-5)9(10)11/h3-8,10H,9H2,1-2H3,(H,22,23);1-7H;1-7H,13H2;1-5H,(H2,8,9);1-2H3,(H,7,8)(H,9,10);1-2H,7H2. The van der Waals surface area contributed by atoms with Crippen molar-refractivity contribution in [3.8, 4) is 31.7 Å². The highest BCUT2D eigenvalue weighted by Crippen LogP contribution is 2.32. The van der Waals surface area contributed by atoms with E-state index in [0.29, 0.717) is 32.3 Å². The van der Waals surface area contributed by atoms with Gasteiger partial charge in [-0.25, -0.2) is 39.7 Å². The monoisotopic (exact) mass is 1280 g/mol. The van der Waals surface area contributed by atoms with E-state index in [1.165, 1.54) is 23.6 Å². The molecule has 9 N–H and O–H groups in total. The van der Waals surface area contributed by atoms with Crippen molar-refractivity contribution in [1.82, 2.24) is 55.3 Å². The molecular formula is C61H51ClN16O7S4. The molecule has 9 heterocycles. The van der Waals surface area contributed by atoms with Crippen LogP contribution in [0, 0.1) is 47.9 Å². The maximum Gasteiger partial charge on any atom is 0.356 e. The summed E-state index contributed by atoms with van der Waals surface area (Å²) in [4.78, 5) is 75.4. The quantitative estimate of drug-likeness (QED) is 0.0243. The average Bonchev–Trinajstić information content (AvgIpc) is 4.49. The van der Waals surface area contributed by atoms with Gasteiger partial charge >= 0.3 is 5.97 Å². The normalized spacial score (nSPS) is 10.4. The number of Topliss-reactive ketones (excluding diaryl/α,β-unsaturated/α-hetero) is 1. The van der Waals surface area contributed by atoms with Gasteiger partial charge in [0.25, 0.3) is 11.4 Å². The Morgan fingerprint density at radius 2 is 0.978 bits per heavy atom. The van der Waals surface area contributed by atoms with E-state index in [-0.39, 0.29) is 40.1 Å². The van der Waals surface area contributed by atoms with E-state index in [1.54, 1.807) is 48.9 Å². The maximum atomic E-state index is 12.5. The van der Waals surface area contributed by atoms with Crippen LogP contribution in [0.3, 0.4) is 0 Å². The van der Waals surface area contributed by atoms with E-state index in [1.807, 2.05) is 147 Å². The predicted octanol–water partition coefficient (Wildman–Crippen LogP) is 13.6. The van der Waals surface area contributed by atoms with Crippen molar-refractivity contribution < 1.29 is 24.5 Å². The Labute approximate surface area is 528 Å². The molecule has 9 aromatic heterocycles. The lowest BCUT2D eigenvalue weighted by molar-refractivity contribution is -0.385. The van der Waals surface area contributed by atoms with Crippen LogP contribution in [0.25, 0.3) is 62.8 Å². The molecule has 28 heteroatoms. The molecule has 0 amide bonds. The molecule has 0 unspecified atom stereocenters. The minimum Gasteiger partial charge on any atom is -0.476 e. The number of nitrogens with two attached hydrogens (primary N) is 3. The molecule has 23 nitrogen and oxygen atoms in total. The molecular weight excluding hydrogens is 1230 g/mol. The van der Waals surface area contributed by atoms with Crippen LogP contribution in [-0.4, -0.2) is 87.0 Å². The zero-order chi connectivity index (χ0) is 63.7. The number of nitrogens with one attached hydrogen (secondary N) is 2. The highest BCUT2D eigenvalue weighted by atomic mass is 35.5. The third-order valence-electron chi connectivity index (χ3n) is 12.5. The second-order valence-electron chi connectivity index (χ2n) is 18.8. The number of nitrogen functional groups attached to an aromatic ring is 2. The summed E-state index contributed by atoms with van der Waals surface area (Å²) in [5.74, 6) is -0.997. The number of hydrogen-bond acceptors (Lipinski definition) is 21. The van der Waals surface area contributed by atoms with Crippen LogP contribution < -0.4 is 17.2 Å². The van der Waals surface area contributed by atoms with Crippen LogP contribution >= 0.6 is 57.8 Å². The number of benzene rings is 4. The first-order valence-electron chi connectivity index (χ1n) is 26.3. The van der Waals surface area contributed by atoms with Crippen molar-refractivity contribution in [1.29, 1.82) is 0 Å². The summed E-state index contributed by atoms with van der Waals surface area (Å²) in [6, 6.07) is 45.8. The highest BCUT2D eigenvalue weighted by Gasteiger charge is 2.18. The number of aromatic carboxylic acids is 1. The lowest BCUT2D eigenvalue weighted by atomic mass is 10.1. The number of aryl methyl sites for hydroxylation is 2. The smallest absolute Gasteiger partial charge is 0.356 e. The Morgan fingerprint density at radius 1 is 0.573 bits per heavy atom. The fourth-order valence-electron chi connectivity index (χ4n) is 7.70. The molecule has 0 radical (unpaired) electrons. The Balaban J connectivity index is 0.000000144. The van der Waals surface area contributed by atoms with Crippen LogP contribution in [0.1, 0.15) is 54.6 Å². The lowest BCUT2D eigenvalue weighted by Crippen LogP contribution is -2.08. The molecule has 0 fully saturated rings. The number of nitrogens with zero attached hydrogens (tertiary/aromatic N) is 11. The minimum absolute atomic E-state index is 0.0125. The number of fused-ring (bicyclic) bond motifs is 3. The molecule has 89 heavy (non-hydrogen) atoms. The summed E-state index contributed by atoms with van der Waals surface area (Å²) < 4.78 is 0. The van der Waals surface area contributed by atoms with Crippen LogP contribution in [0.5, 0.6) is 0 Å². The van der Waals surface area contributed by atoms with Gasteiger partial charge in [0.1, 0.15) is 69.1 Å². The number of aromatic nitrogens is 11. The molecule has 4 aromatic carbocycles. The number of aromatic amines is 2. The Morgan fingerprint density at radius 3 is 1.38 bits per heavy atom. The maximum absolute atomic E-state index is 12.5. The number of thiazole rings is 3. The fourth-order valence-corrected chi connectivity index (χ4v) is 10.6. The van der Waals surface area contributed by atoms with E-state index in [4.69, 9.17) is 46.1 Å². The largest absolute Gasteiger partial charge is 0.476 e. The fraction of sp³-hybridized carbons (Fsp3) is 0.0820. The molecule has 13 aromatic rings. The molecule has 0 aliphatic rings. The second kappa shape index (κ2) is 30.1. The summed E-state index contributed by atoms with van der Waals surface area (Å²) in [5, 5.41) is 45.2. The molecule has 13 rings (SSSR count). The topological polar surface area (TPSA) is 366 Å². The zero-order valence-electron chi connectivity index (χ0n) is 47.4. The van der Waals surface area contributed by atoms with Crippen molar-refractivity contribution in [3.63, 3.8) is 0 Å². The van der Waals surface area contributed by atoms with Crippen molar-refractivity contribution in [2.75, 3.05) is 11.5 Å². The summed E-state index contributed by atoms with van der Waals surface area (Å²) in [5.41, 5.74) is 28.0. The van der Waals surface area contributed by atoms with Crippen molar-refractivity contribution in [2.24, 2.45) is 5.73 Å². The SMILES string of the molecule is Cc1[nH]nc(C(=O)Cc2cnc3sc(-c4ccccc4)nc3c2)c1C.Cc1[nH]nc(C(=O)O)c1C.NC(=S)c1ccccc1.Nc1cc([N+](=O)[O-])cnc1Cl.Nc1cnc2sc(-c3ccccc3)nc2c1.O=[N+]([O-])c1cnc2sc(-c3ccccc3)nc2c1. The summed E-state index contributed by atoms with van der Waals surface area (Å²) in [7, 11) is 0. The van der Waals surface area contributed by atoms with Crippen LogP contribution in [0.15, 0.2) is 170 Å². The van der Waals surface area contributed by atoms with Crippen molar-refractivity contribution in [3.05, 3.63) is 241 Å². The van der Waals surface area contributed by atoms with Crippen molar-refractivity contribution >= 4 is 128 Å². The van der Waals surface area contributed by atoms with Crippen molar-refractivity contribution in [2.45, 2.75) is 34.1 Å². The van der Waals surface area contributed by atoms with Gasteiger partial charge in [-0.1, -0.05) is 179 Å². The van der Waals surface area contributed by atoms with Gasteiger partial charge in [0, 0.05) is 69.5 Å². The number of pyridine rings is 4. The number of rotatable bonds is 10. The molecule has 0 saturated heterocycles. The lowest BCUT2D eigenvalue weighted by Gasteiger charge is -1.99. The molecule has 0 aliphatic carbocycles. The van der Waals surface area contributed by atoms with Gasteiger partial charge < -0.3 is 22.3 Å². The van der Waals surface area contributed by atoms with Crippen LogP contribution in [0.4, 0.5) is 22.7 Å². The molecule has 448 valence electrons. The average molecular weight is 1280 g/mol. The third kappa shape index (κ3) is 17.3. The van der Waals surface area contributed by atoms with Gasteiger partial charge in [0.2, 0.25) is 0 Å². The number of carboxylic acid groups (broad SMARTS) is 1. The van der Waals surface area contributed by atoms with Gasteiger partial charge in [-0.15, -0.1) is 0 Å². The molecule has 0 spiro atoms. The molecule has 0 atom stereocenters. The molecule has 0 aliphatic heterocycles. The second-order valence-corrected chi connectivity index (χ2v) is 22.5. The number of ketones is 1. The summed E-state index contributed by atoms with van der Waals surface area (Å²) >= 11 is 14.7. The third-order valence-corrected chi connectivity index (χ3v) is 16.2. The van der Waals surface area contributed by atoms with Gasteiger partial charge in [0.05, 0.1) is 27.4 Å². The molecule has 0 saturated carbocycles. The van der Waals surface area contributed by atoms with E-state index >= 15 is 0 Å². The number of anilines is 2. The van der Waals surface area contributed by atoms with E-state index in [0.717, 1.165) is 92.7 Å². The van der Waals surface area contributed by atoms with Gasteiger partial charge in [-0.3, -0.25) is 35.2 Å². The van der Waals surface area contributed by atoms with Crippen LogP contribution in [-0.2, 0) is 6.42 Å².